The Bertz CT molecular complexity index is 952. The zero-order chi connectivity index (χ0) is 18.1. The molecule has 1 saturated heterocycles. The minimum atomic E-state index is -0.0625. The van der Waals surface area contributed by atoms with Gasteiger partial charge >= 0.3 is 0 Å². The van der Waals surface area contributed by atoms with E-state index < -0.39 is 0 Å². The zero-order valence-corrected chi connectivity index (χ0v) is 14.9. The van der Waals surface area contributed by atoms with Crippen LogP contribution in [0.2, 0.25) is 0 Å². The number of rotatable bonds is 3. The highest BCUT2D eigenvalue weighted by molar-refractivity contribution is 5.96. The maximum absolute atomic E-state index is 13.2. The van der Waals surface area contributed by atoms with Crippen LogP contribution in [0.3, 0.4) is 0 Å². The number of pyridine rings is 1. The number of ether oxygens (including phenoxy) is 1. The van der Waals surface area contributed by atoms with E-state index in [0.717, 1.165) is 36.3 Å². The van der Waals surface area contributed by atoms with E-state index >= 15 is 0 Å². The van der Waals surface area contributed by atoms with Crippen LogP contribution in [0.15, 0.2) is 36.7 Å². The Labute approximate surface area is 151 Å². The first-order chi connectivity index (χ1) is 12.7. The van der Waals surface area contributed by atoms with Gasteiger partial charge in [0.05, 0.1) is 25.0 Å². The van der Waals surface area contributed by atoms with Crippen molar-refractivity contribution in [3.8, 4) is 5.88 Å². The largest absolute Gasteiger partial charge is 0.480 e. The van der Waals surface area contributed by atoms with Gasteiger partial charge in [-0.2, -0.15) is 5.10 Å². The molecular formula is C19H21N5O2. The number of likely N-dealkylation sites (tertiary alicyclic amines) is 1. The molecule has 4 heterocycles. The Morgan fingerprint density at radius 3 is 3.00 bits per heavy atom. The lowest BCUT2D eigenvalue weighted by atomic mass is 9.97. The van der Waals surface area contributed by atoms with E-state index in [4.69, 9.17) is 9.72 Å². The number of amides is 1. The summed E-state index contributed by atoms with van der Waals surface area (Å²) < 4.78 is 7.09. The number of piperidine rings is 1. The number of fused-ring (bicyclic) bond motifs is 1. The monoisotopic (exact) mass is 351 g/mol. The highest BCUT2D eigenvalue weighted by atomic mass is 16.5. The summed E-state index contributed by atoms with van der Waals surface area (Å²) in [5, 5.41) is 4.28. The van der Waals surface area contributed by atoms with Gasteiger partial charge < -0.3 is 9.64 Å². The lowest BCUT2D eigenvalue weighted by Crippen LogP contribution is -2.39. The molecule has 0 aliphatic carbocycles. The van der Waals surface area contributed by atoms with Gasteiger partial charge in [0.2, 0.25) is 5.88 Å². The predicted octanol–water partition coefficient (Wildman–Crippen LogP) is 2.81. The Hall–Kier alpha value is -2.96. The van der Waals surface area contributed by atoms with E-state index in [9.17, 15) is 4.79 Å². The Morgan fingerprint density at radius 2 is 2.15 bits per heavy atom. The zero-order valence-electron chi connectivity index (χ0n) is 14.9. The van der Waals surface area contributed by atoms with Gasteiger partial charge in [-0.1, -0.05) is 0 Å². The molecule has 0 saturated carbocycles. The summed E-state index contributed by atoms with van der Waals surface area (Å²) in [6, 6.07) is 7.38. The van der Waals surface area contributed by atoms with Crippen LogP contribution < -0.4 is 4.74 Å². The molecule has 1 fully saturated rings. The number of nitrogens with zero attached hydrogens (tertiary/aromatic N) is 5. The lowest BCUT2D eigenvalue weighted by Gasteiger charge is -2.35. The fourth-order valence-corrected chi connectivity index (χ4v) is 3.62. The van der Waals surface area contributed by atoms with Crippen LogP contribution in [0.4, 0.5) is 0 Å². The summed E-state index contributed by atoms with van der Waals surface area (Å²) in [6.45, 7) is 2.71. The molecule has 1 amide bonds. The van der Waals surface area contributed by atoms with E-state index in [1.165, 1.54) is 7.11 Å². The molecule has 1 aliphatic rings. The predicted molar refractivity (Wildman–Crippen MR) is 96.1 cm³/mol. The quantitative estimate of drug-likeness (QED) is 0.725. The Kier molecular flexibility index (Phi) is 4.28. The second-order valence-corrected chi connectivity index (χ2v) is 6.49. The molecule has 0 bridgehead atoms. The molecule has 0 radical (unpaired) electrons. The first-order valence-electron chi connectivity index (χ1n) is 8.80. The number of methoxy groups -OCH3 is 1. The topological polar surface area (TPSA) is 72.6 Å². The fraction of sp³-hybridized carbons (Fsp3) is 0.368. The van der Waals surface area contributed by atoms with E-state index in [2.05, 4.69) is 10.1 Å². The van der Waals surface area contributed by atoms with E-state index in [0.29, 0.717) is 18.0 Å². The SMILES string of the molecule is COc1ncccc1C(=O)N1CCCCC1c1cc(C)n2nccc2n1. The number of hydrogen-bond donors (Lipinski definition) is 0. The van der Waals surface area contributed by atoms with Crippen LogP contribution in [0.1, 0.15) is 47.1 Å². The van der Waals surface area contributed by atoms with E-state index in [1.807, 2.05) is 28.5 Å². The molecular weight excluding hydrogens is 330 g/mol. The Morgan fingerprint density at radius 1 is 1.27 bits per heavy atom. The molecule has 0 N–H and O–H groups in total. The van der Waals surface area contributed by atoms with Crippen molar-refractivity contribution in [2.75, 3.05) is 13.7 Å². The molecule has 4 rings (SSSR count). The van der Waals surface area contributed by atoms with Gasteiger partial charge in [-0.15, -0.1) is 0 Å². The van der Waals surface area contributed by atoms with E-state index in [-0.39, 0.29) is 11.9 Å². The second-order valence-electron chi connectivity index (χ2n) is 6.49. The maximum atomic E-state index is 13.2. The van der Waals surface area contributed by atoms with Gasteiger partial charge in [-0.3, -0.25) is 4.79 Å². The lowest BCUT2D eigenvalue weighted by molar-refractivity contribution is 0.0602. The van der Waals surface area contributed by atoms with Crippen LogP contribution in [0.25, 0.3) is 5.65 Å². The van der Waals surface area contributed by atoms with Crippen LogP contribution in [0.5, 0.6) is 5.88 Å². The van der Waals surface area contributed by atoms with Crippen molar-refractivity contribution in [1.29, 1.82) is 0 Å². The third-order valence-corrected chi connectivity index (χ3v) is 4.86. The molecule has 0 aromatic carbocycles. The number of hydrogen-bond acceptors (Lipinski definition) is 5. The maximum Gasteiger partial charge on any atom is 0.259 e. The molecule has 3 aromatic rings. The number of aryl methyl sites for hydroxylation is 1. The average molecular weight is 351 g/mol. The first kappa shape index (κ1) is 16.5. The molecule has 3 aromatic heterocycles. The number of carbonyl (C=O) groups is 1. The normalized spacial score (nSPS) is 17.5. The van der Waals surface area contributed by atoms with Crippen molar-refractivity contribution < 1.29 is 9.53 Å². The van der Waals surface area contributed by atoms with E-state index in [1.54, 1.807) is 24.5 Å². The molecule has 0 spiro atoms. The van der Waals surface area contributed by atoms with Gasteiger partial charge in [0.15, 0.2) is 5.65 Å². The molecule has 1 aliphatic heterocycles. The summed E-state index contributed by atoms with van der Waals surface area (Å²) >= 11 is 0. The van der Waals surface area contributed by atoms with Gasteiger partial charge in [0, 0.05) is 24.5 Å². The summed E-state index contributed by atoms with van der Waals surface area (Å²) in [6.07, 6.45) is 6.32. The molecule has 134 valence electrons. The number of aromatic nitrogens is 4. The van der Waals surface area contributed by atoms with Crippen LogP contribution in [-0.2, 0) is 0 Å². The summed E-state index contributed by atoms with van der Waals surface area (Å²) in [4.78, 5) is 24.0. The summed E-state index contributed by atoms with van der Waals surface area (Å²) in [5.41, 5.74) is 3.21. The Balaban J connectivity index is 1.73. The third kappa shape index (κ3) is 2.79. The van der Waals surface area contributed by atoms with Crippen molar-refractivity contribution in [2.24, 2.45) is 0 Å². The highest BCUT2D eigenvalue weighted by Crippen LogP contribution is 2.33. The smallest absolute Gasteiger partial charge is 0.259 e. The van der Waals surface area contributed by atoms with Crippen molar-refractivity contribution >= 4 is 11.6 Å². The number of carbonyl (C=O) groups excluding carboxylic acids is 1. The third-order valence-electron chi connectivity index (χ3n) is 4.86. The van der Waals surface area contributed by atoms with Gasteiger partial charge in [-0.25, -0.2) is 14.5 Å². The molecule has 1 atom stereocenters. The van der Waals surface area contributed by atoms with Crippen LogP contribution in [-0.4, -0.2) is 44.0 Å². The van der Waals surface area contributed by atoms with Gasteiger partial charge in [-0.05, 0) is 44.4 Å². The van der Waals surface area contributed by atoms with Crippen LogP contribution >= 0.6 is 0 Å². The minimum Gasteiger partial charge on any atom is -0.480 e. The summed E-state index contributed by atoms with van der Waals surface area (Å²) in [5.74, 6) is 0.296. The van der Waals surface area contributed by atoms with Crippen LogP contribution in [0, 0.1) is 6.92 Å². The van der Waals surface area contributed by atoms with Crippen molar-refractivity contribution in [3.63, 3.8) is 0 Å². The van der Waals surface area contributed by atoms with Crippen molar-refractivity contribution in [1.82, 2.24) is 24.5 Å². The molecule has 1 unspecified atom stereocenters. The summed E-state index contributed by atoms with van der Waals surface area (Å²) in [7, 11) is 1.53. The standard InChI is InChI=1S/C19H21N5O2/c1-13-12-15(22-17-8-10-21-24(13)17)16-7-3-4-11-23(16)19(25)14-6-5-9-20-18(14)26-2/h5-6,8-10,12,16H,3-4,7,11H2,1-2H3. The van der Waals surface area contributed by atoms with Crippen molar-refractivity contribution in [3.05, 3.63) is 53.6 Å². The molecule has 7 nitrogen and oxygen atoms in total. The highest BCUT2D eigenvalue weighted by Gasteiger charge is 2.31. The van der Waals surface area contributed by atoms with Gasteiger partial charge in [0.1, 0.15) is 5.56 Å². The van der Waals surface area contributed by atoms with Gasteiger partial charge in [0.25, 0.3) is 5.91 Å². The molecule has 7 heteroatoms. The fourth-order valence-electron chi connectivity index (χ4n) is 3.62. The second kappa shape index (κ2) is 6.74. The average Bonchev–Trinajstić information content (AvgIpc) is 3.16. The molecule has 26 heavy (non-hydrogen) atoms. The minimum absolute atomic E-state index is 0.0558. The first-order valence-corrected chi connectivity index (χ1v) is 8.80. The van der Waals surface area contributed by atoms with Crippen molar-refractivity contribution in [2.45, 2.75) is 32.2 Å².